The second kappa shape index (κ2) is 4.72. The van der Waals surface area contributed by atoms with E-state index in [-0.39, 0.29) is 11.6 Å². The van der Waals surface area contributed by atoms with E-state index in [0.717, 1.165) is 4.47 Å². The van der Waals surface area contributed by atoms with E-state index in [4.69, 9.17) is 22.4 Å². The summed E-state index contributed by atoms with van der Waals surface area (Å²) in [5.74, 6) is -0.964. The van der Waals surface area contributed by atoms with Crippen LogP contribution >= 0.6 is 27.5 Å². The maximum Gasteiger partial charge on any atom is 0.305 e. The lowest BCUT2D eigenvalue weighted by molar-refractivity contribution is -0.137. The number of pyridine rings is 1. The molecule has 6 heteroatoms. The first-order valence-corrected chi connectivity index (χ1v) is 4.96. The Morgan fingerprint density at radius 3 is 3.00 bits per heavy atom. The van der Waals surface area contributed by atoms with Crippen LogP contribution in [-0.4, -0.2) is 16.1 Å². The molecular weight excluding hydrogens is 271 g/mol. The van der Waals surface area contributed by atoms with Crippen molar-refractivity contribution in [3.63, 3.8) is 0 Å². The van der Waals surface area contributed by atoms with E-state index in [2.05, 4.69) is 20.9 Å². The molecule has 1 aromatic rings. The Morgan fingerprint density at radius 1 is 1.79 bits per heavy atom. The van der Waals surface area contributed by atoms with Gasteiger partial charge >= 0.3 is 5.97 Å². The number of hydrogen-bond acceptors (Lipinski definition) is 3. The van der Waals surface area contributed by atoms with Crippen LogP contribution in [0.3, 0.4) is 0 Å². The van der Waals surface area contributed by atoms with Crippen LogP contribution in [0.2, 0.25) is 5.15 Å². The molecule has 3 N–H and O–H groups in total. The minimum atomic E-state index is -0.964. The number of rotatable bonds is 3. The Morgan fingerprint density at radius 2 is 2.43 bits per heavy atom. The average molecular weight is 280 g/mol. The molecule has 0 spiro atoms. The van der Waals surface area contributed by atoms with Gasteiger partial charge in [0.15, 0.2) is 0 Å². The van der Waals surface area contributed by atoms with Crippen molar-refractivity contribution >= 4 is 33.5 Å². The number of halogens is 2. The van der Waals surface area contributed by atoms with E-state index >= 15 is 0 Å². The topological polar surface area (TPSA) is 76.2 Å². The number of nitrogens with zero attached hydrogens (tertiary/aromatic N) is 1. The molecule has 0 amide bonds. The van der Waals surface area contributed by atoms with Crippen molar-refractivity contribution in [1.82, 2.24) is 4.98 Å². The third-order valence-corrected chi connectivity index (χ3v) is 2.38. The van der Waals surface area contributed by atoms with E-state index in [0.29, 0.717) is 5.56 Å². The number of carbonyl (C=O) groups is 1. The van der Waals surface area contributed by atoms with Gasteiger partial charge in [0.05, 0.1) is 6.42 Å². The standard InChI is InChI=1S/C8H8BrClN2O2/c9-4-1-5(8(10)12-3-4)6(11)2-7(13)14/h1,3,6H,2,11H2,(H,13,14). The first-order chi connectivity index (χ1) is 6.50. The monoisotopic (exact) mass is 278 g/mol. The zero-order valence-corrected chi connectivity index (χ0v) is 9.42. The summed E-state index contributed by atoms with van der Waals surface area (Å²) in [6.07, 6.45) is 1.36. The second-order valence-electron chi connectivity index (χ2n) is 2.74. The van der Waals surface area contributed by atoms with Gasteiger partial charge in [-0.1, -0.05) is 11.6 Å². The summed E-state index contributed by atoms with van der Waals surface area (Å²) < 4.78 is 0.720. The molecule has 0 fully saturated rings. The van der Waals surface area contributed by atoms with Crippen LogP contribution in [0.25, 0.3) is 0 Å². The molecule has 76 valence electrons. The summed E-state index contributed by atoms with van der Waals surface area (Å²) >= 11 is 8.98. The number of carboxylic acid groups (broad SMARTS) is 1. The SMILES string of the molecule is NC(CC(=O)O)c1cc(Br)cnc1Cl. The van der Waals surface area contributed by atoms with Gasteiger partial charge in [-0.2, -0.15) is 0 Å². The van der Waals surface area contributed by atoms with Crippen LogP contribution in [0.1, 0.15) is 18.0 Å². The normalized spacial score (nSPS) is 12.5. The highest BCUT2D eigenvalue weighted by atomic mass is 79.9. The molecule has 14 heavy (non-hydrogen) atoms. The minimum absolute atomic E-state index is 0.169. The molecule has 0 saturated carbocycles. The van der Waals surface area contributed by atoms with Gasteiger partial charge in [0.25, 0.3) is 0 Å². The Kier molecular flexibility index (Phi) is 3.86. The van der Waals surface area contributed by atoms with Gasteiger partial charge in [-0.15, -0.1) is 0 Å². The van der Waals surface area contributed by atoms with Crippen molar-refractivity contribution in [3.05, 3.63) is 27.5 Å². The largest absolute Gasteiger partial charge is 0.481 e. The molecular formula is C8H8BrClN2O2. The van der Waals surface area contributed by atoms with Crippen LogP contribution in [0.15, 0.2) is 16.7 Å². The van der Waals surface area contributed by atoms with Crippen LogP contribution in [-0.2, 0) is 4.79 Å². The molecule has 0 saturated heterocycles. The lowest BCUT2D eigenvalue weighted by atomic mass is 10.1. The third kappa shape index (κ3) is 2.94. The Balaban J connectivity index is 2.93. The zero-order valence-electron chi connectivity index (χ0n) is 7.08. The van der Waals surface area contributed by atoms with Crippen LogP contribution in [0, 0.1) is 0 Å². The number of aromatic nitrogens is 1. The number of aliphatic carboxylic acids is 1. The van der Waals surface area contributed by atoms with Crippen LogP contribution in [0.4, 0.5) is 0 Å². The first-order valence-electron chi connectivity index (χ1n) is 3.79. The fraction of sp³-hybridized carbons (Fsp3) is 0.250. The summed E-state index contributed by atoms with van der Waals surface area (Å²) in [4.78, 5) is 14.3. The molecule has 0 bridgehead atoms. The van der Waals surface area contributed by atoms with E-state index in [1.54, 1.807) is 6.07 Å². The molecule has 1 rings (SSSR count). The van der Waals surface area contributed by atoms with Gasteiger partial charge in [-0.3, -0.25) is 4.79 Å². The zero-order chi connectivity index (χ0) is 10.7. The number of hydrogen-bond donors (Lipinski definition) is 2. The van der Waals surface area contributed by atoms with Crippen molar-refractivity contribution < 1.29 is 9.90 Å². The van der Waals surface area contributed by atoms with E-state index in [1.807, 2.05) is 0 Å². The van der Waals surface area contributed by atoms with Gasteiger partial charge in [-0.25, -0.2) is 4.98 Å². The molecule has 0 aliphatic heterocycles. The van der Waals surface area contributed by atoms with Crippen molar-refractivity contribution in [2.45, 2.75) is 12.5 Å². The quantitative estimate of drug-likeness (QED) is 0.829. The van der Waals surface area contributed by atoms with Crippen molar-refractivity contribution in [2.24, 2.45) is 5.73 Å². The van der Waals surface area contributed by atoms with Gasteiger partial charge < -0.3 is 10.8 Å². The first kappa shape index (κ1) is 11.4. The minimum Gasteiger partial charge on any atom is -0.481 e. The maximum absolute atomic E-state index is 10.4. The van der Waals surface area contributed by atoms with Crippen LogP contribution < -0.4 is 5.73 Å². The predicted octanol–water partition coefficient (Wildman–Crippen LogP) is 1.97. The summed E-state index contributed by atoms with van der Waals surface area (Å²) in [6.45, 7) is 0. The fourth-order valence-corrected chi connectivity index (χ4v) is 1.59. The third-order valence-electron chi connectivity index (χ3n) is 1.63. The van der Waals surface area contributed by atoms with E-state index in [1.165, 1.54) is 6.20 Å². The average Bonchev–Trinajstić information content (AvgIpc) is 2.08. The van der Waals surface area contributed by atoms with Crippen molar-refractivity contribution in [3.8, 4) is 0 Å². The van der Waals surface area contributed by atoms with Gasteiger partial charge in [0, 0.05) is 22.3 Å². The Hall–Kier alpha value is -0.650. The lowest BCUT2D eigenvalue weighted by Crippen LogP contribution is -2.15. The lowest BCUT2D eigenvalue weighted by Gasteiger charge is -2.10. The van der Waals surface area contributed by atoms with Gasteiger partial charge in [0.1, 0.15) is 5.15 Å². The summed E-state index contributed by atoms with van der Waals surface area (Å²) in [5.41, 5.74) is 6.17. The maximum atomic E-state index is 10.4. The van der Waals surface area contributed by atoms with Gasteiger partial charge in [-0.05, 0) is 22.0 Å². The highest BCUT2D eigenvalue weighted by Crippen LogP contribution is 2.24. The van der Waals surface area contributed by atoms with Gasteiger partial charge in [0.2, 0.25) is 0 Å². The summed E-state index contributed by atoms with van der Waals surface area (Å²) in [5, 5.41) is 8.79. The highest BCUT2D eigenvalue weighted by Gasteiger charge is 2.14. The molecule has 0 aliphatic rings. The Bertz CT molecular complexity index is 359. The number of nitrogens with two attached hydrogens (primary N) is 1. The fourth-order valence-electron chi connectivity index (χ4n) is 0.996. The molecule has 0 radical (unpaired) electrons. The summed E-state index contributed by atoms with van der Waals surface area (Å²) in [7, 11) is 0. The molecule has 1 unspecified atom stereocenters. The molecule has 1 atom stereocenters. The van der Waals surface area contributed by atoms with Crippen LogP contribution in [0.5, 0.6) is 0 Å². The molecule has 0 aromatic carbocycles. The molecule has 4 nitrogen and oxygen atoms in total. The molecule has 0 aliphatic carbocycles. The second-order valence-corrected chi connectivity index (χ2v) is 4.01. The predicted molar refractivity (Wildman–Crippen MR) is 56.1 cm³/mol. The van der Waals surface area contributed by atoms with E-state index < -0.39 is 12.0 Å². The van der Waals surface area contributed by atoms with Crippen molar-refractivity contribution in [1.29, 1.82) is 0 Å². The molecule has 1 aromatic heterocycles. The summed E-state index contributed by atoms with van der Waals surface area (Å²) in [6, 6.07) is 1.04. The molecule has 1 heterocycles. The smallest absolute Gasteiger partial charge is 0.305 e. The number of carboxylic acids is 1. The Labute approximate surface area is 94.2 Å². The highest BCUT2D eigenvalue weighted by molar-refractivity contribution is 9.10. The van der Waals surface area contributed by atoms with Crippen molar-refractivity contribution in [2.75, 3.05) is 0 Å². The van der Waals surface area contributed by atoms with E-state index in [9.17, 15) is 4.79 Å².